The molecule has 0 radical (unpaired) electrons. The van der Waals surface area contributed by atoms with E-state index in [9.17, 15) is 0 Å². The molecule has 38 heavy (non-hydrogen) atoms. The molecule has 0 saturated carbocycles. The van der Waals surface area contributed by atoms with E-state index in [-0.39, 0.29) is 6.04 Å². The van der Waals surface area contributed by atoms with Gasteiger partial charge in [-0.25, -0.2) is 0 Å². The topological polar surface area (TPSA) is 29.5 Å². The summed E-state index contributed by atoms with van der Waals surface area (Å²) >= 11 is 0. The highest BCUT2D eigenvalue weighted by atomic mass is 31.1. The van der Waals surface area contributed by atoms with Crippen LogP contribution < -0.4 is 4.67 Å². The fraction of sp³-hybridized carbons (Fsp3) is 0.235. The summed E-state index contributed by atoms with van der Waals surface area (Å²) in [5.41, 5.74) is 4.70. The Morgan fingerprint density at radius 2 is 1.26 bits per heavy atom. The van der Waals surface area contributed by atoms with E-state index < -0.39 is 8.16 Å². The molecule has 0 aliphatic heterocycles. The van der Waals surface area contributed by atoms with Gasteiger partial charge in [0.2, 0.25) is 0 Å². The Balaban J connectivity index is 1.61. The predicted octanol–water partition coefficient (Wildman–Crippen LogP) is 10.4. The minimum atomic E-state index is -1.40. The van der Waals surface area contributed by atoms with Gasteiger partial charge in [-0.2, -0.15) is 4.67 Å². The second-order valence-corrected chi connectivity index (χ2v) is 11.6. The fourth-order valence-electron chi connectivity index (χ4n) is 6.43. The average Bonchev–Trinajstić information content (AvgIpc) is 3.30. The van der Waals surface area contributed by atoms with Crippen LogP contribution in [0.3, 0.4) is 0 Å². The van der Waals surface area contributed by atoms with Crippen LogP contribution in [0.25, 0.3) is 43.5 Å². The lowest BCUT2D eigenvalue weighted by molar-refractivity contribution is 0.488. The lowest BCUT2D eigenvalue weighted by Crippen LogP contribution is -2.34. The summed E-state index contributed by atoms with van der Waals surface area (Å²) in [6.45, 7) is 4.58. The van der Waals surface area contributed by atoms with Crippen molar-refractivity contribution in [2.24, 2.45) is 0 Å². The zero-order chi connectivity index (χ0) is 25.6. The summed E-state index contributed by atoms with van der Waals surface area (Å²) in [5, 5.41) is 7.09. The van der Waals surface area contributed by atoms with Gasteiger partial charge in [0, 0.05) is 22.9 Å². The Kier molecular flexibility index (Phi) is 5.99. The molecule has 4 heteroatoms. The average molecular weight is 518 g/mol. The molecule has 1 aliphatic carbocycles. The third-order valence-electron chi connectivity index (χ3n) is 8.31. The maximum absolute atomic E-state index is 7.04. The first-order valence-electron chi connectivity index (χ1n) is 13.8. The molecule has 0 amide bonds. The smallest absolute Gasteiger partial charge is 0.310 e. The van der Waals surface area contributed by atoms with Gasteiger partial charge in [-0.15, -0.1) is 0 Å². The van der Waals surface area contributed by atoms with E-state index in [4.69, 9.17) is 8.39 Å². The van der Waals surface area contributed by atoms with Gasteiger partial charge in [0.15, 0.2) is 0 Å². The highest BCUT2D eigenvalue weighted by Gasteiger charge is 2.35. The van der Waals surface area contributed by atoms with Gasteiger partial charge in [-0.1, -0.05) is 98.8 Å². The Hall–Kier alpha value is -3.52. The molecule has 0 saturated heterocycles. The van der Waals surface area contributed by atoms with Crippen molar-refractivity contribution in [3.63, 3.8) is 0 Å². The van der Waals surface area contributed by atoms with Crippen LogP contribution in [0.4, 0.5) is 0 Å². The molecule has 0 spiro atoms. The van der Waals surface area contributed by atoms with Crippen molar-refractivity contribution in [2.45, 2.75) is 51.6 Å². The molecule has 3 nitrogen and oxygen atoms in total. The van der Waals surface area contributed by atoms with Crippen molar-refractivity contribution < 1.29 is 8.39 Å². The molecule has 1 aliphatic rings. The Morgan fingerprint density at radius 3 is 1.87 bits per heavy atom. The summed E-state index contributed by atoms with van der Waals surface area (Å²) in [5.74, 6) is 0. The van der Waals surface area contributed by atoms with Crippen molar-refractivity contribution in [1.82, 2.24) is 0 Å². The van der Waals surface area contributed by atoms with Crippen molar-refractivity contribution >= 4 is 51.6 Å². The number of rotatable bonds is 5. The molecule has 0 N–H and O–H groups in total. The zero-order valence-electron chi connectivity index (χ0n) is 21.9. The van der Waals surface area contributed by atoms with Crippen molar-refractivity contribution in [1.29, 1.82) is 0 Å². The molecule has 5 aromatic carbocycles. The maximum Gasteiger partial charge on any atom is 0.310 e. The molecule has 1 aromatic heterocycles. The minimum Gasteiger partial charge on any atom is -0.408 e. The van der Waals surface area contributed by atoms with Crippen LogP contribution in [-0.2, 0) is 6.42 Å². The molecule has 190 valence electrons. The van der Waals surface area contributed by atoms with Crippen LogP contribution in [0, 0.1) is 0 Å². The van der Waals surface area contributed by atoms with Crippen molar-refractivity contribution in [2.75, 3.05) is 4.67 Å². The standard InChI is InChI=1S/C34H32NO2P/c1-3-26(4-2)35(30-20-17-23-11-5-8-14-27(23)30)38-36-31-21-18-24-12-6-9-15-28(24)33(31)34-29-16-10-7-13-25(29)19-22-32(34)37-38/h5-16,18-19,21-22,26,30H,3-4,17,20H2,1-2H3/t30-/m0/s1. The maximum atomic E-state index is 7.04. The largest absolute Gasteiger partial charge is 0.408 e. The van der Waals surface area contributed by atoms with Gasteiger partial charge < -0.3 is 8.39 Å². The molecular formula is C34H32NO2P. The molecule has 0 bridgehead atoms. The first-order chi connectivity index (χ1) is 18.8. The van der Waals surface area contributed by atoms with E-state index >= 15 is 0 Å². The van der Waals surface area contributed by atoms with Crippen LogP contribution in [-0.4, -0.2) is 6.04 Å². The van der Waals surface area contributed by atoms with E-state index in [0.29, 0.717) is 6.04 Å². The van der Waals surface area contributed by atoms with Gasteiger partial charge in [0.25, 0.3) is 0 Å². The molecule has 1 atom stereocenters. The molecular weight excluding hydrogens is 485 g/mol. The summed E-state index contributed by atoms with van der Waals surface area (Å²) in [7, 11) is -1.40. The third kappa shape index (κ3) is 3.76. The number of hydrogen-bond acceptors (Lipinski definition) is 3. The van der Waals surface area contributed by atoms with E-state index in [0.717, 1.165) is 47.6 Å². The monoisotopic (exact) mass is 517 g/mol. The highest BCUT2D eigenvalue weighted by molar-refractivity contribution is 7.39. The molecule has 0 fully saturated rings. The Bertz CT molecular complexity index is 1740. The minimum absolute atomic E-state index is 0.285. The summed E-state index contributed by atoms with van der Waals surface area (Å²) in [6, 6.07) is 35.5. The van der Waals surface area contributed by atoms with Crippen LogP contribution in [0.5, 0.6) is 0 Å². The van der Waals surface area contributed by atoms with Crippen LogP contribution >= 0.6 is 8.16 Å². The first kappa shape index (κ1) is 23.6. The van der Waals surface area contributed by atoms with E-state index in [2.05, 4.69) is 116 Å². The molecule has 7 rings (SSSR count). The van der Waals surface area contributed by atoms with Crippen molar-refractivity contribution in [3.8, 4) is 0 Å². The molecule has 0 unspecified atom stereocenters. The lowest BCUT2D eigenvalue weighted by Gasteiger charge is -2.32. The first-order valence-corrected chi connectivity index (χ1v) is 15.0. The normalized spacial score (nSPS) is 15.3. The van der Waals surface area contributed by atoms with Crippen LogP contribution in [0.15, 0.2) is 105 Å². The van der Waals surface area contributed by atoms with Crippen LogP contribution in [0.2, 0.25) is 0 Å². The second kappa shape index (κ2) is 9.66. The predicted molar refractivity (Wildman–Crippen MR) is 161 cm³/mol. The van der Waals surface area contributed by atoms with Crippen molar-refractivity contribution in [3.05, 3.63) is 108 Å². The van der Waals surface area contributed by atoms with Gasteiger partial charge in [-0.3, -0.25) is 0 Å². The zero-order valence-corrected chi connectivity index (χ0v) is 22.8. The number of nitrogens with zero attached hydrogens (tertiary/aromatic N) is 1. The van der Waals surface area contributed by atoms with Crippen LogP contribution in [0.1, 0.15) is 50.3 Å². The summed E-state index contributed by atoms with van der Waals surface area (Å²) in [4.78, 5) is 0. The molecule has 1 heterocycles. The second-order valence-electron chi connectivity index (χ2n) is 10.3. The number of aryl methyl sites for hydroxylation is 1. The van der Waals surface area contributed by atoms with Gasteiger partial charge in [0.1, 0.15) is 11.2 Å². The van der Waals surface area contributed by atoms with E-state index in [1.807, 2.05) is 0 Å². The highest BCUT2D eigenvalue weighted by Crippen LogP contribution is 2.49. The Labute approximate surface area is 224 Å². The summed E-state index contributed by atoms with van der Waals surface area (Å²) in [6.07, 6.45) is 4.30. The number of hydrogen-bond donors (Lipinski definition) is 0. The lowest BCUT2D eigenvalue weighted by atomic mass is 9.99. The quantitative estimate of drug-likeness (QED) is 0.228. The fourth-order valence-corrected chi connectivity index (χ4v) is 8.35. The third-order valence-corrected chi connectivity index (χ3v) is 10.00. The Morgan fingerprint density at radius 1 is 0.711 bits per heavy atom. The number of benzene rings is 5. The summed E-state index contributed by atoms with van der Waals surface area (Å²) < 4.78 is 16.7. The van der Waals surface area contributed by atoms with Gasteiger partial charge >= 0.3 is 8.16 Å². The van der Waals surface area contributed by atoms with Gasteiger partial charge in [0.05, 0.1) is 0 Å². The SMILES string of the molecule is CCC(CC)N([C@H]1CCc2ccccc21)p1oc2ccc3ccccc3c2c2c(ccc3ccccc32)o1. The van der Waals surface area contributed by atoms with Gasteiger partial charge in [-0.05, 0) is 70.5 Å². The number of fused-ring (bicyclic) bond motifs is 8. The molecule has 6 aromatic rings. The van der Waals surface area contributed by atoms with E-state index in [1.165, 1.54) is 32.7 Å². The van der Waals surface area contributed by atoms with E-state index in [1.54, 1.807) is 0 Å².